The van der Waals surface area contributed by atoms with Gasteiger partial charge in [0, 0.05) is 81.6 Å². The molecule has 0 aromatic heterocycles. The number of hydrogen-bond donors (Lipinski definition) is 7. The fourth-order valence-electron chi connectivity index (χ4n) is 6.58. The number of unbranched alkanes of at least 4 members (excludes halogenated alkanes) is 1. The Labute approximate surface area is 416 Å². The third-order valence-corrected chi connectivity index (χ3v) is 10.7. The molecule has 0 heterocycles. The van der Waals surface area contributed by atoms with Crippen molar-refractivity contribution in [2.75, 3.05) is 100 Å². The minimum Gasteiger partial charge on any atom is -0.497 e. The van der Waals surface area contributed by atoms with Crippen LogP contribution in [-0.4, -0.2) is 147 Å². The normalized spacial score (nSPS) is 10.9. The number of rotatable bonds is 37. The molecule has 20 nitrogen and oxygen atoms in total. The van der Waals surface area contributed by atoms with Gasteiger partial charge in [-0.1, -0.05) is 13.3 Å². The van der Waals surface area contributed by atoms with Crippen LogP contribution in [0.2, 0.25) is 0 Å². The van der Waals surface area contributed by atoms with E-state index < -0.39 is 5.54 Å². The molecule has 0 spiro atoms. The predicted molar refractivity (Wildman–Crippen MR) is 266 cm³/mol. The summed E-state index contributed by atoms with van der Waals surface area (Å²) in [5.74, 6) is 0.139. The van der Waals surface area contributed by atoms with Gasteiger partial charge in [-0.15, -0.1) is 0 Å². The summed E-state index contributed by atoms with van der Waals surface area (Å²) in [5, 5.41) is 19.9. The molecule has 0 fully saturated rings. The monoisotopic (exact) mass is 992 g/mol. The standard InChI is InChI=1S/C51H73N7O13/c1-5-6-10-47(62)58-51(35-69-32-23-44(59)52-26-7-29-55-48(63)38-11-17-41(66-2)18-12-38,36-70-33-24-45(60)53-27-8-30-56-49(64)39-13-19-42(67-3)20-14-39)37-71-34-25-46(61)54-28-9-31-57-50(65)40-15-21-43(68-4)22-16-40/h11-22H,5-10,23-37H2,1-4H3,(H,52,59)(H,53,60)(H,54,61)(H,55,63)(H,56,64)(H,57,65)(H,58,62). The molecule has 0 atom stereocenters. The Morgan fingerprint density at radius 1 is 0.394 bits per heavy atom. The van der Waals surface area contributed by atoms with Crippen molar-refractivity contribution >= 4 is 41.4 Å². The van der Waals surface area contributed by atoms with Gasteiger partial charge in [0.2, 0.25) is 23.6 Å². The van der Waals surface area contributed by atoms with Crippen molar-refractivity contribution in [1.29, 1.82) is 0 Å². The highest BCUT2D eigenvalue weighted by Gasteiger charge is 2.34. The van der Waals surface area contributed by atoms with Gasteiger partial charge in [0.1, 0.15) is 22.8 Å². The van der Waals surface area contributed by atoms with Crippen LogP contribution in [0.5, 0.6) is 17.2 Å². The van der Waals surface area contributed by atoms with E-state index in [1.54, 1.807) is 94.1 Å². The Bertz CT molecular complexity index is 1850. The Hall–Kier alpha value is -6.77. The van der Waals surface area contributed by atoms with E-state index in [9.17, 15) is 33.6 Å². The summed E-state index contributed by atoms with van der Waals surface area (Å²) in [6.07, 6.45) is 3.17. The van der Waals surface area contributed by atoms with E-state index in [0.717, 1.165) is 6.42 Å². The van der Waals surface area contributed by atoms with E-state index in [0.29, 0.717) is 98.9 Å². The van der Waals surface area contributed by atoms with Crippen molar-refractivity contribution in [3.8, 4) is 17.2 Å². The lowest BCUT2D eigenvalue weighted by Gasteiger charge is -2.34. The van der Waals surface area contributed by atoms with E-state index >= 15 is 0 Å². The maximum Gasteiger partial charge on any atom is 0.251 e. The van der Waals surface area contributed by atoms with Gasteiger partial charge in [0.15, 0.2) is 0 Å². The second-order valence-electron chi connectivity index (χ2n) is 16.4. The van der Waals surface area contributed by atoms with Gasteiger partial charge >= 0.3 is 0 Å². The zero-order chi connectivity index (χ0) is 51.5. The van der Waals surface area contributed by atoms with Crippen LogP contribution in [0.4, 0.5) is 0 Å². The van der Waals surface area contributed by atoms with Crippen LogP contribution in [0.3, 0.4) is 0 Å². The van der Waals surface area contributed by atoms with Crippen LogP contribution in [0.15, 0.2) is 72.8 Å². The highest BCUT2D eigenvalue weighted by atomic mass is 16.5. The predicted octanol–water partition coefficient (Wildman–Crippen LogP) is 3.09. The summed E-state index contributed by atoms with van der Waals surface area (Å²) in [5.41, 5.74) is 0.226. The molecule has 3 rings (SSSR count). The molecule has 0 saturated carbocycles. The molecule has 20 heteroatoms. The van der Waals surface area contributed by atoms with Gasteiger partial charge in [-0.25, -0.2) is 0 Å². The number of methoxy groups -OCH3 is 3. The molecule has 3 aromatic carbocycles. The third-order valence-electron chi connectivity index (χ3n) is 10.7. The first-order valence-corrected chi connectivity index (χ1v) is 24.0. The number of benzene rings is 3. The molecular formula is C51H73N7O13. The molecule has 3 aromatic rings. The zero-order valence-corrected chi connectivity index (χ0v) is 41.6. The van der Waals surface area contributed by atoms with Crippen molar-refractivity contribution in [3.05, 3.63) is 89.5 Å². The topological polar surface area (TPSA) is 259 Å². The number of nitrogens with one attached hydrogen (secondary N) is 7. The van der Waals surface area contributed by atoms with Crippen LogP contribution >= 0.6 is 0 Å². The Balaban J connectivity index is 1.49. The molecule has 0 saturated heterocycles. The molecule has 7 amide bonds. The van der Waals surface area contributed by atoms with Crippen molar-refractivity contribution in [2.45, 2.75) is 70.3 Å². The van der Waals surface area contributed by atoms with E-state index in [-0.39, 0.29) is 107 Å². The third kappa shape index (κ3) is 24.6. The quantitative estimate of drug-likeness (QED) is 0.0411. The lowest BCUT2D eigenvalue weighted by molar-refractivity contribution is -0.130. The van der Waals surface area contributed by atoms with E-state index in [4.69, 9.17) is 28.4 Å². The van der Waals surface area contributed by atoms with Crippen molar-refractivity contribution in [3.63, 3.8) is 0 Å². The summed E-state index contributed by atoms with van der Waals surface area (Å²) in [6, 6.07) is 20.2. The van der Waals surface area contributed by atoms with Crippen LogP contribution in [0, 0.1) is 0 Å². The average molecular weight is 992 g/mol. The molecule has 0 unspecified atom stereocenters. The molecule has 0 aliphatic carbocycles. The summed E-state index contributed by atoms with van der Waals surface area (Å²) in [4.78, 5) is 88.6. The number of amides is 7. The smallest absolute Gasteiger partial charge is 0.251 e. The van der Waals surface area contributed by atoms with Crippen LogP contribution in [-0.2, 0) is 33.4 Å². The van der Waals surface area contributed by atoms with Gasteiger partial charge in [0.05, 0.1) is 61.0 Å². The number of ether oxygens (including phenoxy) is 6. The van der Waals surface area contributed by atoms with Gasteiger partial charge in [0.25, 0.3) is 17.7 Å². The maximum atomic E-state index is 13.2. The second kappa shape index (κ2) is 34.5. The summed E-state index contributed by atoms with van der Waals surface area (Å²) in [7, 11) is 4.64. The zero-order valence-electron chi connectivity index (χ0n) is 41.6. The first-order valence-electron chi connectivity index (χ1n) is 24.0. The van der Waals surface area contributed by atoms with Crippen LogP contribution in [0.25, 0.3) is 0 Å². The Morgan fingerprint density at radius 3 is 0.972 bits per heavy atom. The molecule has 71 heavy (non-hydrogen) atoms. The highest BCUT2D eigenvalue weighted by Crippen LogP contribution is 2.15. The van der Waals surface area contributed by atoms with Gasteiger partial charge in [-0.2, -0.15) is 0 Å². The average Bonchev–Trinajstić information content (AvgIpc) is 3.39. The van der Waals surface area contributed by atoms with Crippen LogP contribution < -0.4 is 51.4 Å². The molecular weight excluding hydrogens is 919 g/mol. The molecule has 0 radical (unpaired) electrons. The molecule has 0 aliphatic rings. The van der Waals surface area contributed by atoms with Crippen molar-refractivity contribution in [1.82, 2.24) is 37.2 Å². The lowest BCUT2D eigenvalue weighted by Crippen LogP contribution is -2.58. The molecule has 0 bridgehead atoms. The van der Waals surface area contributed by atoms with Gasteiger partial charge < -0.3 is 65.6 Å². The van der Waals surface area contributed by atoms with E-state index in [1.165, 1.54) is 0 Å². The molecule has 7 N–H and O–H groups in total. The fraction of sp³-hybridized carbons (Fsp3) is 0.510. The Kier molecular flexibility index (Phi) is 28.5. The van der Waals surface area contributed by atoms with Gasteiger partial charge in [-0.05, 0) is 98.5 Å². The maximum absolute atomic E-state index is 13.2. The Morgan fingerprint density at radius 2 is 0.690 bits per heavy atom. The first-order chi connectivity index (χ1) is 34.4. The number of carbonyl (C=O) groups is 7. The summed E-state index contributed by atoms with van der Waals surface area (Å²) >= 11 is 0. The SMILES string of the molecule is CCCCC(=O)NC(COCCC(=O)NCCCNC(=O)c1ccc(OC)cc1)(COCCC(=O)NCCCNC(=O)c1ccc(OC)cc1)COCCC(=O)NCCCNC(=O)c1ccc(OC)cc1. The first kappa shape index (κ1) is 58.5. The number of hydrogen-bond acceptors (Lipinski definition) is 13. The lowest BCUT2D eigenvalue weighted by atomic mass is 10.0. The van der Waals surface area contributed by atoms with Gasteiger partial charge in [-0.3, -0.25) is 33.6 Å². The van der Waals surface area contributed by atoms with Crippen molar-refractivity contribution < 1.29 is 62.0 Å². The van der Waals surface area contributed by atoms with Crippen LogP contribution in [0.1, 0.15) is 95.8 Å². The minimum atomic E-state index is -1.25. The largest absolute Gasteiger partial charge is 0.497 e. The summed E-state index contributed by atoms with van der Waals surface area (Å²) in [6.45, 7) is 3.64. The highest BCUT2D eigenvalue weighted by molar-refractivity contribution is 5.95. The van der Waals surface area contributed by atoms with Crippen molar-refractivity contribution in [2.24, 2.45) is 0 Å². The molecule has 0 aliphatic heterocycles. The second-order valence-corrected chi connectivity index (χ2v) is 16.4. The number of carbonyl (C=O) groups excluding carboxylic acids is 7. The molecule has 390 valence electrons. The van der Waals surface area contributed by atoms with E-state index in [1.807, 2.05) is 6.92 Å². The fourth-order valence-corrected chi connectivity index (χ4v) is 6.58. The minimum absolute atomic E-state index is 0.00146. The van der Waals surface area contributed by atoms with E-state index in [2.05, 4.69) is 37.2 Å². The summed E-state index contributed by atoms with van der Waals surface area (Å²) < 4.78 is 33.3.